The minimum atomic E-state index is -0.281. The molecule has 18 heavy (non-hydrogen) atoms. The molecule has 0 heterocycles. The fraction of sp³-hybridized carbons (Fsp3) is 0.0769. The van der Waals surface area contributed by atoms with Crippen molar-refractivity contribution in [1.29, 1.82) is 0 Å². The fourth-order valence-corrected chi connectivity index (χ4v) is 2.20. The van der Waals surface area contributed by atoms with Crippen molar-refractivity contribution in [1.82, 2.24) is 0 Å². The zero-order valence-corrected chi connectivity index (χ0v) is 12.3. The van der Waals surface area contributed by atoms with E-state index in [0.717, 1.165) is 11.3 Å². The lowest BCUT2D eigenvalue weighted by Crippen LogP contribution is -2.00. The molecule has 0 unspecified atom stereocenters. The minimum Gasteiger partial charge on any atom is -0.380 e. The number of hydrogen-bond acceptors (Lipinski definition) is 1. The summed E-state index contributed by atoms with van der Waals surface area (Å²) in [6.07, 6.45) is 0. The van der Waals surface area contributed by atoms with Crippen molar-refractivity contribution < 1.29 is 4.39 Å². The lowest BCUT2D eigenvalue weighted by molar-refractivity contribution is 0.619. The zero-order valence-electron chi connectivity index (χ0n) is 9.18. The third-order valence-corrected chi connectivity index (χ3v) is 3.59. The minimum absolute atomic E-state index is 0.281. The van der Waals surface area contributed by atoms with Gasteiger partial charge in [-0.15, -0.1) is 0 Å². The number of anilines is 1. The summed E-state index contributed by atoms with van der Waals surface area (Å²) in [4.78, 5) is 0. The lowest BCUT2D eigenvalue weighted by atomic mass is 10.2. The summed E-state index contributed by atoms with van der Waals surface area (Å²) >= 11 is 14.9. The molecule has 0 saturated carbocycles. The summed E-state index contributed by atoms with van der Waals surface area (Å²) in [7, 11) is 0. The van der Waals surface area contributed by atoms with Crippen LogP contribution in [0, 0.1) is 5.82 Å². The molecule has 0 radical (unpaired) electrons. The average Bonchev–Trinajstić information content (AvgIpc) is 2.32. The highest BCUT2D eigenvalue weighted by Crippen LogP contribution is 2.26. The van der Waals surface area contributed by atoms with Crippen molar-refractivity contribution >= 4 is 44.8 Å². The molecule has 1 nitrogen and oxygen atoms in total. The van der Waals surface area contributed by atoms with Crippen molar-refractivity contribution in [3.8, 4) is 0 Å². The van der Waals surface area contributed by atoms with Crippen LogP contribution in [0.25, 0.3) is 0 Å². The van der Waals surface area contributed by atoms with Gasteiger partial charge < -0.3 is 5.32 Å². The monoisotopic (exact) mass is 347 g/mol. The maximum atomic E-state index is 13.3. The largest absolute Gasteiger partial charge is 0.380 e. The van der Waals surface area contributed by atoms with Crippen molar-refractivity contribution in [3.05, 3.63) is 62.3 Å². The van der Waals surface area contributed by atoms with Crippen LogP contribution in [0.5, 0.6) is 0 Å². The third-order valence-electron chi connectivity index (χ3n) is 2.40. The first kappa shape index (κ1) is 13.7. The second-order valence-electron chi connectivity index (χ2n) is 3.73. The summed E-state index contributed by atoms with van der Waals surface area (Å²) in [5, 5.41) is 4.26. The summed E-state index contributed by atoms with van der Waals surface area (Å²) in [6, 6.07) is 10.2. The van der Waals surface area contributed by atoms with Gasteiger partial charge in [-0.3, -0.25) is 0 Å². The summed E-state index contributed by atoms with van der Waals surface area (Å²) in [6.45, 7) is 0.492. The highest BCUT2D eigenvalue weighted by Gasteiger charge is 2.03. The first-order valence-corrected chi connectivity index (χ1v) is 6.74. The third kappa shape index (κ3) is 3.37. The molecule has 0 saturated heterocycles. The Bertz CT molecular complexity index is 575. The Morgan fingerprint density at radius 1 is 1.11 bits per heavy atom. The van der Waals surface area contributed by atoms with Crippen LogP contribution in [0.2, 0.25) is 10.0 Å². The van der Waals surface area contributed by atoms with Crippen LogP contribution in [-0.2, 0) is 6.54 Å². The van der Waals surface area contributed by atoms with Crippen molar-refractivity contribution in [3.63, 3.8) is 0 Å². The van der Waals surface area contributed by atoms with E-state index in [-0.39, 0.29) is 5.82 Å². The predicted molar refractivity (Wildman–Crippen MR) is 77.9 cm³/mol. The molecule has 2 aromatic carbocycles. The molecule has 2 rings (SSSR count). The number of benzene rings is 2. The van der Waals surface area contributed by atoms with Gasteiger partial charge in [-0.2, -0.15) is 0 Å². The summed E-state index contributed by atoms with van der Waals surface area (Å²) in [5.74, 6) is -0.281. The second-order valence-corrected chi connectivity index (χ2v) is 5.42. The average molecular weight is 349 g/mol. The molecule has 0 bridgehead atoms. The Labute approximate surface area is 123 Å². The molecule has 1 N–H and O–H groups in total. The quantitative estimate of drug-likeness (QED) is 0.771. The van der Waals surface area contributed by atoms with Gasteiger partial charge in [0.1, 0.15) is 5.82 Å². The van der Waals surface area contributed by atoms with Gasteiger partial charge in [0.25, 0.3) is 0 Å². The summed E-state index contributed by atoms with van der Waals surface area (Å²) in [5.41, 5.74) is 1.60. The molecule has 2 aromatic rings. The highest BCUT2D eigenvalue weighted by molar-refractivity contribution is 9.10. The Morgan fingerprint density at radius 3 is 2.56 bits per heavy atom. The second kappa shape index (κ2) is 5.91. The molecule has 5 heteroatoms. The van der Waals surface area contributed by atoms with E-state index in [0.29, 0.717) is 21.1 Å². The standard InChI is InChI=1S/C13H9BrCl2FN/c14-10-3-1-8(5-12(10)17)7-18-13-4-2-9(15)6-11(13)16/h1-6,18H,7H2. The maximum absolute atomic E-state index is 13.3. The molecule has 0 aromatic heterocycles. The summed E-state index contributed by atoms with van der Waals surface area (Å²) < 4.78 is 13.8. The SMILES string of the molecule is Fc1cc(CNc2ccc(Cl)cc2Cl)ccc1Br. The van der Waals surface area contributed by atoms with E-state index in [4.69, 9.17) is 23.2 Å². The number of nitrogens with one attached hydrogen (secondary N) is 1. The zero-order chi connectivity index (χ0) is 13.1. The van der Waals surface area contributed by atoms with Gasteiger partial charge in [-0.25, -0.2) is 4.39 Å². The van der Waals surface area contributed by atoms with E-state index in [1.165, 1.54) is 6.07 Å². The van der Waals surface area contributed by atoms with Crippen LogP contribution < -0.4 is 5.32 Å². The first-order chi connectivity index (χ1) is 8.56. The molecule has 0 aliphatic rings. The highest BCUT2D eigenvalue weighted by atomic mass is 79.9. The fourth-order valence-electron chi connectivity index (χ4n) is 1.48. The van der Waals surface area contributed by atoms with Gasteiger partial charge in [0.2, 0.25) is 0 Å². The lowest BCUT2D eigenvalue weighted by Gasteiger charge is -2.09. The van der Waals surface area contributed by atoms with E-state index < -0.39 is 0 Å². The van der Waals surface area contributed by atoms with Gasteiger partial charge in [-0.05, 0) is 51.8 Å². The van der Waals surface area contributed by atoms with E-state index in [2.05, 4.69) is 21.2 Å². The Balaban J connectivity index is 2.09. The molecule has 0 fully saturated rings. The smallest absolute Gasteiger partial charge is 0.137 e. The van der Waals surface area contributed by atoms with Crippen LogP contribution in [0.4, 0.5) is 10.1 Å². The number of halogens is 4. The molecular weight excluding hydrogens is 340 g/mol. The molecule has 94 valence electrons. The van der Waals surface area contributed by atoms with E-state index >= 15 is 0 Å². The Morgan fingerprint density at radius 2 is 1.89 bits per heavy atom. The van der Waals surface area contributed by atoms with Crippen LogP contribution in [0.3, 0.4) is 0 Å². The van der Waals surface area contributed by atoms with Crippen LogP contribution in [0.15, 0.2) is 40.9 Å². The maximum Gasteiger partial charge on any atom is 0.137 e. The van der Waals surface area contributed by atoms with Crippen LogP contribution in [-0.4, -0.2) is 0 Å². The number of rotatable bonds is 3. The Hall–Kier alpha value is -0.770. The number of hydrogen-bond donors (Lipinski definition) is 1. The molecule has 0 aliphatic heterocycles. The van der Waals surface area contributed by atoms with E-state index in [9.17, 15) is 4.39 Å². The van der Waals surface area contributed by atoms with Crippen molar-refractivity contribution in [2.24, 2.45) is 0 Å². The molecule has 0 aliphatic carbocycles. The Kier molecular flexibility index (Phi) is 4.49. The first-order valence-electron chi connectivity index (χ1n) is 5.19. The molecule has 0 spiro atoms. The van der Waals surface area contributed by atoms with Gasteiger partial charge in [0.15, 0.2) is 0 Å². The molecule has 0 amide bonds. The van der Waals surface area contributed by atoms with Crippen molar-refractivity contribution in [2.45, 2.75) is 6.54 Å². The van der Waals surface area contributed by atoms with Gasteiger partial charge >= 0.3 is 0 Å². The molecular formula is C13H9BrCl2FN. The van der Waals surface area contributed by atoms with Crippen LogP contribution >= 0.6 is 39.1 Å². The van der Waals surface area contributed by atoms with Gasteiger partial charge in [0, 0.05) is 11.6 Å². The van der Waals surface area contributed by atoms with Crippen LogP contribution in [0.1, 0.15) is 5.56 Å². The van der Waals surface area contributed by atoms with E-state index in [1.807, 2.05) is 6.07 Å². The topological polar surface area (TPSA) is 12.0 Å². The van der Waals surface area contributed by atoms with Gasteiger partial charge in [0.05, 0.1) is 15.2 Å². The molecule has 0 atom stereocenters. The predicted octanol–water partition coefficient (Wildman–Crippen LogP) is 5.51. The normalized spacial score (nSPS) is 10.4. The van der Waals surface area contributed by atoms with E-state index in [1.54, 1.807) is 24.3 Å². The van der Waals surface area contributed by atoms with Gasteiger partial charge in [-0.1, -0.05) is 29.3 Å². The van der Waals surface area contributed by atoms with Crippen molar-refractivity contribution in [2.75, 3.05) is 5.32 Å².